The highest BCUT2D eigenvalue weighted by Gasteiger charge is 2.16. The van der Waals surface area contributed by atoms with Crippen LogP contribution in [-0.4, -0.2) is 24.3 Å². The average Bonchev–Trinajstić information content (AvgIpc) is 2.20. The average molecular weight is 194 g/mol. The number of aliphatic hydroxyl groups excluding tert-OH is 1. The molecule has 3 nitrogen and oxygen atoms in total. The molecule has 1 aromatic rings. The van der Waals surface area contributed by atoms with Crippen molar-refractivity contribution in [1.82, 2.24) is 0 Å². The molecule has 0 fully saturated rings. The van der Waals surface area contributed by atoms with Gasteiger partial charge in [0.05, 0.1) is 7.11 Å². The van der Waals surface area contributed by atoms with E-state index in [2.05, 4.69) is 4.74 Å². The van der Waals surface area contributed by atoms with Gasteiger partial charge in [-0.1, -0.05) is 24.3 Å². The molecule has 1 aromatic carbocycles. The molecule has 0 radical (unpaired) electrons. The highest BCUT2D eigenvalue weighted by atomic mass is 16.5. The first kappa shape index (κ1) is 10.7. The quantitative estimate of drug-likeness (QED) is 0.732. The van der Waals surface area contributed by atoms with E-state index in [1.165, 1.54) is 7.11 Å². The lowest BCUT2D eigenvalue weighted by Gasteiger charge is -2.09. The van der Waals surface area contributed by atoms with Gasteiger partial charge in [0.2, 0.25) is 0 Å². The Morgan fingerprint density at radius 2 is 2.14 bits per heavy atom. The number of benzene rings is 1. The summed E-state index contributed by atoms with van der Waals surface area (Å²) in [6.45, 7) is 1.94. The lowest BCUT2D eigenvalue weighted by molar-refractivity contribution is -0.150. The molecule has 3 heteroatoms. The smallest absolute Gasteiger partial charge is 0.335 e. The van der Waals surface area contributed by atoms with Gasteiger partial charge >= 0.3 is 5.97 Å². The van der Waals surface area contributed by atoms with Crippen molar-refractivity contribution in [1.29, 1.82) is 0 Å². The summed E-state index contributed by atoms with van der Waals surface area (Å²) < 4.78 is 4.44. The summed E-state index contributed by atoms with van der Waals surface area (Å²) in [7, 11) is 1.27. The summed E-state index contributed by atoms with van der Waals surface area (Å²) in [4.78, 5) is 11.0. The second-order valence-electron chi connectivity index (χ2n) is 3.17. The molecule has 0 saturated heterocycles. The highest BCUT2D eigenvalue weighted by Crippen LogP contribution is 2.10. The zero-order valence-corrected chi connectivity index (χ0v) is 8.36. The molecular weight excluding hydrogens is 180 g/mol. The summed E-state index contributed by atoms with van der Waals surface area (Å²) in [6, 6.07) is 7.64. The fourth-order valence-electron chi connectivity index (χ4n) is 1.27. The van der Waals surface area contributed by atoms with Gasteiger partial charge < -0.3 is 9.84 Å². The van der Waals surface area contributed by atoms with E-state index in [4.69, 9.17) is 0 Å². The largest absolute Gasteiger partial charge is 0.467 e. The van der Waals surface area contributed by atoms with Crippen molar-refractivity contribution in [2.75, 3.05) is 7.11 Å². The van der Waals surface area contributed by atoms with Crippen LogP contribution in [0.3, 0.4) is 0 Å². The van der Waals surface area contributed by atoms with Crippen LogP contribution in [0.25, 0.3) is 0 Å². The first-order valence-corrected chi connectivity index (χ1v) is 4.45. The van der Waals surface area contributed by atoms with Crippen LogP contribution in [0.5, 0.6) is 0 Å². The number of esters is 1. The number of carbonyl (C=O) groups is 1. The first-order chi connectivity index (χ1) is 6.65. The Morgan fingerprint density at radius 3 is 2.71 bits per heavy atom. The number of carbonyl (C=O) groups excluding carboxylic acids is 1. The van der Waals surface area contributed by atoms with Crippen molar-refractivity contribution in [3.63, 3.8) is 0 Å². The van der Waals surface area contributed by atoms with Gasteiger partial charge in [-0.25, -0.2) is 4.79 Å². The SMILES string of the molecule is COC(=O)C(O)Cc1ccccc1C. The lowest BCUT2D eigenvalue weighted by atomic mass is 10.0. The van der Waals surface area contributed by atoms with Gasteiger partial charge in [-0.2, -0.15) is 0 Å². The van der Waals surface area contributed by atoms with Gasteiger partial charge in [-0.05, 0) is 18.1 Å². The minimum atomic E-state index is -1.07. The number of methoxy groups -OCH3 is 1. The molecule has 0 aliphatic heterocycles. The van der Waals surface area contributed by atoms with Crippen molar-refractivity contribution in [2.45, 2.75) is 19.4 Å². The molecule has 1 N–H and O–H groups in total. The van der Waals surface area contributed by atoms with E-state index in [1.54, 1.807) is 0 Å². The zero-order chi connectivity index (χ0) is 10.6. The van der Waals surface area contributed by atoms with Crippen LogP contribution in [0.1, 0.15) is 11.1 Å². The Bertz CT molecular complexity index is 320. The number of rotatable bonds is 3. The summed E-state index contributed by atoms with van der Waals surface area (Å²) >= 11 is 0. The minimum Gasteiger partial charge on any atom is -0.467 e. The van der Waals surface area contributed by atoms with Crippen molar-refractivity contribution in [2.24, 2.45) is 0 Å². The van der Waals surface area contributed by atoms with Gasteiger partial charge in [-0.15, -0.1) is 0 Å². The van der Waals surface area contributed by atoms with E-state index in [-0.39, 0.29) is 0 Å². The Hall–Kier alpha value is -1.35. The van der Waals surface area contributed by atoms with E-state index < -0.39 is 12.1 Å². The Morgan fingerprint density at radius 1 is 1.50 bits per heavy atom. The minimum absolute atomic E-state index is 0.305. The van der Waals surface area contributed by atoms with Gasteiger partial charge in [0, 0.05) is 6.42 Å². The van der Waals surface area contributed by atoms with Gasteiger partial charge in [-0.3, -0.25) is 0 Å². The maximum Gasteiger partial charge on any atom is 0.335 e. The molecule has 0 saturated carbocycles. The van der Waals surface area contributed by atoms with E-state index in [0.29, 0.717) is 6.42 Å². The second-order valence-corrected chi connectivity index (χ2v) is 3.17. The zero-order valence-electron chi connectivity index (χ0n) is 8.36. The second kappa shape index (κ2) is 4.77. The molecule has 0 amide bonds. The molecule has 1 rings (SSSR count). The summed E-state index contributed by atoms with van der Waals surface area (Å²) in [5.74, 6) is -0.590. The van der Waals surface area contributed by atoms with Crippen LogP contribution in [0.2, 0.25) is 0 Å². The number of ether oxygens (including phenoxy) is 1. The van der Waals surface area contributed by atoms with E-state index >= 15 is 0 Å². The van der Waals surface area contributed by atoms with Crippen molar-refractivity contribution < 1.29 is 14.6 Å². The summed E-state index contributed by atoms with van der Waals surface area (Å²) in [5, 5.41) is 9.42. The maximum atomic E-state index is 11.0. The van der Waals surface area contributed by atoms with Crippen LogP contribution in [-0.2, 0) is 16.0 Å². The normalized spacial score (nSPS) is 12.2. The number of aryl methyl sites for hydroxylation is 1. The predicted octanol–water partition coefficient (Wildman–Crippen LogP) is 1.07. The van der Waals surface area contributed by atoms with Gasteiger partial charge in [0.25, 0.3) is 0 Å². The molecule has 0 heterocycles. The standard InChI is InChI=1S/C11H14O3/c1-8-5-3-4-6-9(8)7-10(12)11(13)14-2/h3-6,10,12H,7H2,1-2H3. The van der Waals surface area contributed by atoms with E-state index in [0.717, 1.165) is 11.1 Å². The molecule has 0 aromatic heterocycles. The fraction of sp³-hybridized carbons (Fsp3) is 0.364. The lowest BCUT2D eigenvalue weighted by Crippen LogP contribution is -2.24. The Balaban J connectivity index is 2.69. The van der Waals surface area contributed by atoms with Crippen LogP contribution >= 0.6 is 0 Å². The van der Waals surface area contributed by atoms with Crippen molar-refractivity contribution in [3.05, 3.63) is 35.4 Å². The molecule has 0 aliphatic carbocycles. The van der Waals surface area contributed by atoms with Crippen molar-refractivity contribution in [3.8, 4) is 0 Å². The van der Waals surface area contributed by atoms with Gasteiger partial charge in [0.1, 0.15) is 0 Å². The maximum absolute atomic E-state index is 11.0. The van der Waals surface area contributed by atoms with Gasteiger partial charge in [0.15, 0.2) is 6.10 Å². The number of hydrogen-bond donors (Lipinski definition) is 1. The molecule has 0 spiro atoms. The third-order valence-corrected chi connectivity index (χ3v) is 2.15. The highest BCUT2D eigenvalue weighted by molar-refractivity contribution is 5.74. The number of hydrogen-bond acceptors (Lipinski definition) is 3. The van der Waals surface area contributed by atoms with Crippen LogP contribution in [0.15, 0.2) is 24.3 Å². The third-order valence-electron chi connectivity index (χ3n) is 2.15. The summed E-state index contributed by atoms with van der Waals surface area (Å²) in [6.07, 6.45) is -0.764. The van der Waals surface area contributed by atoms with E-state index in [9.17, 15) is 9.90 Å². The summed E-state index contributed by atoms with van der Waals surface area (Å²) in [5.41, 5.74) is 2.03. The van der Waals surface area contributed by atoms with Crippen molar-refractivity contribution >= 4 is 5.97 Å². The third kappa shape index (κ3) is 2.57. The first-order valence-electron chi connectivity index (χ1n) is 4.45. The molecule has 0 bridgehead atoms. The fourth-order valence-corrected chi connectivity index (χ4v) is 1.27. The molecule has 1 atom stereocenters. The Labute approximate surface area is 83.3 Å². The van der Waals surface area contributed by atoms with Crippen LogP contribution < -0.4 is 0 Å². The molecular formula is C11H14O3. The molecule has 14 heavy (non-hydrogen) atoms. The Kier molecular flexibility index (Phi) is 3.65. The van der Waals surface area contributed by atoms with Crippen LogP contribution in [0.4, 0.5) is 0 Å². The number of aliphatic hydroxyl groups is 1. The molecule has 76 valence electrons. The monoisotopic (exact) mass is 194 g/mol. The van der Waals surface area contributed by atoms with E-state index in [1.807, 2.05) is 31.2 Å². The topological polar surface area (TPSA) is 46.5 Å². The molecule has 0 aliphatic rings. The van der Waals surface area contributed by atoms with Crippen LogP contribution in [0, 0.1) is 6.92 Å². The predicted molar refractivity (Wildman–Crippen MR) is 52.9 cm³/mol. The molecule has 1 unspecified atom stereocenters.